The van der Waals surface area contributed by atoms with Crippen LogP contribution in [-0.2, 0) is 59.6 Å². The SMILES string of the molecule is COC(=O)[C@H](O)CC[C@@H]1O[C@H](COCc2ccccc2)[C@@H](OCc2ccccc2)[C@H](OCc2ccccc2)[C@H]1OCc1ccccc1. The maximum atomic E-state index is 12.1. The lowest BCUT2D eigenvalue weighted by atomic mass is 9.91. The molecule has 1 aliphatic rings. The van der Waals surface area contributed by atoms with Crippen LogP contribution in [0.1, 0.15) is 35.1 Å². The second-order valence-electron chi connectivity index (χ2n) is 11.6. The predicted octanol–water partition coefficient (Wildman–Crippen LogP) is 6.04. The number of hydrogen-bond donors (Lipinski definition) is 1. The van der Waals surface area contributed by atoms with E-state index in [4.69, 9.17) is 28.4 Å². The van der Waals surface area contributed by atoms with Gasteiger partial charge in [-0.3, -0.25) is 0 Å². The summed E-state index contributed by atoms with van der Waals surface area (Å²) in [5.41, 5.74) is 4.07. The van der Waals surface area contributed by atoms with E-state index < -0.39 is 42.6 Å². The minimum Gasteiger partial charge on any atom is -0.467 e. The van der Waals surface area contributed by atoms with Gasteiger partial charge in [0, 0.05) is 0 Å². The molecular weight excluding hydrogens is 596 g/mol. The Morgan fingerprint density at radius 1 is 0.617 bits per heavy atom. The van der Waals surface area contributed by atoms with Crippen molar-refractivity contribution in [2.75, 3.05) is 13.7 Å². The summed E-state index contributed by atoms with van der Waals surface area (Å²) in [5, 5.41) is 10.5. The summed E-state index contributed by atoms with van der Waals surface area (Å²) in [6.45, 7) is 1.63. The van der Waals surface area contributed by atoms with Crippen molar-refractivity contribution < 1.29 is 38.3 Å². The first-order chi connectivity index (χ1) is 23.1. The molecule has 4 aromatic rings. The highest BCUT2D eigenvalue weighted by Crippen LogP contribution is 2.33. The molecule has 1 heterocycles. The first-order valence-corrected chi connectivity index (χ1v) is 16.1. The molecule has 0 bridgehead atoms. The molecule has 0 amide bonds. The van der Waals surface area contributed by atoms with Crippen molar-refractivity contribution in [1.82, 2.24) is 0 Å². The van der Waals surface area contributed by atoms with E-state index in [1.807, 2.05) is 121 Å². The van der Waals surface area contributed by atoms with E-state index in [0.717, 1.165) is 22.3 Å². The van der Waals surface area contributed by atoms with Gasteiger partial charge >= 0.3 is 5.97 Å². The molecule has 248 valence electrons. The van der Waals surface area contributed by atoms with Crippen LogP contribution in [0.2, 0.25) is 0 Å². The van der Waals surface area contributed by atoms with Gasteiger partial charge in [-0.25, -0.2) is 4.79 Å². The molecule has 0 saturated carbocycles. The molecule has 4 aromatic carbocycles. The second kappa shape index (κ2) is 18.4. The van der Waals surface area contributed by atoms with Crippen LogP contribution in [0.3, 0.4) is 0 Å². The Bertz CT molecular complexity index is 1440. The van der Waals surface area contributed by atoms with Crippen LogP contribution >= 0.6 is 0 Å². The van der Waals surface area contributed by atoms with E-state index in [-0.39, 0.29) is 13.0 Å². The number of carbonyl (C=O) groups is 1. The molecule has 1 saturated heterocycles. The van der Waals surface area contributed by atoms with Gasteiger partial charge in [0.05, 0.1) is 46.2 Å². The lowest BCUT2D eigenvalue weighted by Gasteiger charge is -2.46. The molecule has 0 aliphatic carbocycles. The zero-order valence-corrected chi connectivity index (χ0v) is 26.8. The first-order valence-electron chi connectivity index (χ1n) is 16.1. The highest BCUT2D eigenvalue weighted by atomic mass is 16.6. The Hall–Kier alpha value is -3.89. The van der Waals surface area contributed by atoms with Gasteiger partial charge in [0.25, 0.3) is 0 Å². The van der Waals surface area contributed by atoms with Crippen LogP contribution in [0.5, 0.6) is 0 Å². The fraction of sp³-hybridized carbons (Fsp3) is 0.359. The zero-order valence-electron chi connectivity index (χ0n) is 26.8. The van der Waals surface area contributed by atoms with Crippen LogP contribution in [0, 0.1) is 0 Å². The van der Waals surface area contributed by atoms with Crippen LogP contribution < -0.4 is 0 Å². The smallest absolute Gasteiger partial charge is 0.334 e. The number of methoxy groups -OCH3 is 1. The van der Waals surface area contributed by atoms with Crippen LogP contribution in [0.4, 0.5) is 0 Å². The fourth-order valence-electron chi connectivity index (χ4n) is 5.69. The molecule has 0 spiro atoms. The Morgan fingerprint density at radius 2 is 1.02 bits per heavy atom. The number of esters is 1. The molecule has 0 aromatic heterocycles. The third-order valence-electron chi connectivity index (χ3n) is 8.18. The lowest BCUT2D eigenvalue weighted by Crippen LogP contribution is -2.61. The van der Waals surface area contributed by atoms with Gasteiger partial charge in [0.1, 0.15) is 24.4 Å². The highest BCUT2D eigenvalue weighted by molar-refractivity contribution is 5.74. The summed E-state index contributed by atoms with van der Waals surface area (Å²) in [5.74, 6) is -0.689. The van der Waals surface area contributed by atoms with Crippen molar-refractivity contribution >= 4 is 5.97 Å². The lowest BCUT2D eigenvalue weighted by molar-refractivity contribution is -0.274. The number of carbonyl (C=O) groups excluding carboxylic acids is 1. The average molecular weight is 641 g/mol. The van der Waals surface area contributed by atoms with E-state index in [1.54, 1.807) is 0 Å². The van der Waals surface area contributed by atoms with Crippen molar-refractivity contribution in [2.24, 2.45) is 0 Å². The average Bonchev–Trinajstić information content (AvgIpc) is 3.13. The molecule has 0 radical (unpaired) electrons. The Balaban J connectivity index is 1.44. The van der Waals surface area contributed by atoms with Gasteiger partial charge in [-0.1, -0.05) is 121 Å². The summed E-state index contributed by atoms with van der Waals surface area (Å²) >= 11 is 0. The molecular formula is C39H44O8. The fourth-order valence-corrected chi connectivity index (χ4v) is 5.69. The van der Waals surface area contributed by atoms with Gasteiger partial charge in [0.15, 0.2) is 6.10 Å². The summed E-state index contributed by atoms with van der Waals surface area (Å²) in [6, 6.07) is 39.8. The third kappa shape index (κ3) is 10.6. The molecule has 0 unspecified atom stereocenters. The normalized spacial score (nSPS) is 21.6. The number of rotatable bonds is 17. The zero-order chi connectivity index (χ0) is 32.7. The monoisotopic (exact) mass is 640 g/mol. The van der Waals surface area contributed by atoms with Crippen molar-refractivity contribution in [1.29, 1.82) is 0 Å². The Labute approximate surface area is 277 Å². The first kappa shape index (κ1) is 34.4. The van der Waals surface area contributed by atoms with Crippen molar-refractivity contribution in [3.05, 3.63) is 144 Å². The predicted molar refractivity (Wildman–Crippen MR) is 177 cm³/mol. The van der Waals surface area contributed by atoms with Gasteiger partial charge in [-0.15, -0.1) is 0 Å². The van der Waals surface area contributed by atoms with Crippen LogP contribution in [-0.4, -0.2) is 61.4 Å². The van der Waals surface area contributed by atoms with E-state index in [2.05, 4.69) is 0 Å². The van der Waals surface area contributed by atoms with E-state index in [0.29, 0.717) is 32.8 Å². The topological polar surface area (TPSA) is 92.7 Å². The number of hydrogen-bond acceptors (Lipinski definition) is 8. The standard InChI is InChI=1S/C39H44O8/c1-42-39(41)33(40)22-23-34-36(44-25-30-16-8-3-9-17-30)38(46-27-32-20-12-5-13-21-32)37(45-26-31-18-10-4-11-19-31)35(47-34)28-43-24-29-14-6-2-7-15-29/h2-21,33-38,40H,22-28H2,1H3/t33-,34+,35-,36+,37-,38-/m1/s1. The Morgan fingerprint density at radius 3 is 1.47 bits per heavy atom. The molecule has 1 fully saturated rings. The summed E-state index contributed by atoms with van der Waals surface area (Å²) in [6.07, 6.45) is -3.63. The molecule has 1 N–H and O–H groups in total. The number of ether oxygens (including phenoxy) is 6. The minimum atomic E-state index is -1.29. The Kier molecular flexibility index (Phi) is 13.5. The maximum absolute atomic E-state index is 12.1. The van der Waals surface area contributed by atoms with Gasteiger partial charge in [0.2, 0.25) is 0 Å². The van der Waals surface area contributed by atoms with E-state index in [9.17, 15) is 9.90 Å². The minimum absolute atomic E-state index is 0.126. The number of benzene rings is 4. The third-order valence-corrected chi connectivity index (χ3v) is 8.18. The van der Waals surface area contributed by atoms with Crippen LogP contribution in [0.25, 0.3) is 0 Å². The van der Waals surface area contributed by atoms with Crippen LogP contribution in [0.15, 0.2) is 121 Å². The summed E-state index contributed by atoms with van der Waals surface area (Å²) in [4.78, 5) is 12.1. The molecule has 8 heteroatoms. The van der Waals surface area contributed by atoms with E-state index in [1.165, 1.54) is 7.11 Å². The summed E-state index contributed by atoms with van der Waals surface area (Å²) < 4.78 is 37.8. The molecule has 8 nitrogen and oxygen atoms in total. The molecule has 47 heavy (non-hydrogen) atoms. The summed E-state index contributed by atoms with van der Waals surface area (Å²) in [7, 11) is 1.26. The van der Waals surface area contributed by atoms with Gasteiger partial charge < -0.3 is 33.5 Å². The number of aliphatic hydroxyl groups is 1. The maximum Gasteiger partial charge on any atom is 0.334 e. The van der Waals surface area contributed by atoms with Crippen molar-refractivity contribution in [3.8, 4) is 0 Å². The number of aliphatic hydroxyl groups excluding tert-OH is 1. The van der Waals surface area contributed by atoms with Gasteiger partial charge in [-0.2, -0.15) is 0 Å². The van der Waals surface area contributed by atoms with Crippen molar-refractivity contribution in [3.63, 3.8) is 0 Å². The largest absolute Gasteiger partial charge is 0.467 e. The molecule has 6 atom stereocenters. The molecule has 1 aliphatic heterocycles. The highest BCUT2D eigenvalue weighted by Gasteiger charge is 2.48. The molecule has 5 rings (SSSR count). The quantitative estimate of drug-likeness (QED) is 0.140. The van der Waals surface area contributed by atoms with Gasteiger partial charge in [-0.05, 0) is 35.1 Å². The van der Waals surface area contributed by atoms with Crippen molar-refractivity contribution in [2.45, 2.75) is 75.9 Å². The van der Waals surface area contributed by atoms with E-state index >= 15 is 0 Å². The second-order valence-corrected chi connectivity index (χ2v) is 11.6.